The summed E-state index contributed by atoms with van der Waals surface area (Å²) >= 11 is 0. The van der Waals surface area contributed by atoms with Crippen LogP contribution in [0.15, 0.2) is 43.0 Å². The Bertz CT molecular complexity index is 500. The number of benzene rings is 1. The average Bonchev–Trinajstić information content (AvgIpc) is 2.45. The van der Waals surface area contributed by atoms with Crippen LogP contribution in [0.4, 0.5) is 5.69 Å². The zero-order valence-corrected chi connectivity index (χ0v) is 11.3. The van der Waals surface area contributed by atoms with E-state index < -0.39 is 0 Å². The van der Waals surface area contributed by atoms with E-state index in [4.69, 9.17) is 4.74 Å². The Kier molecular flexibility index (Phi) is 4.72. The van der Waals surface area contributed by atoms with Crippen LogP contribution in [0.5, 0.6) is 5.75 Å². The molecule has 4 heteroatoms. The van der Waals surface area contributed by atoms with E-state index in [9.17, 15) is 0 Å². The van der Waals surface area contributed by atoms with Crippen molar-refractivity contribution in [3.8, 4) is 5.75 Å². The van der Waals surface area contributed by atoms with Crippen molar-refractivity contribution in [3.63, 3.8) is 0 Å². The van der Waals surface area contributed by atoms with Gasteiger partial charge in [0, 0.05) is 24.5 Å². The smallest absolute Gasteiger partial charge is 0.142 e. The van der Waals surface area contributed by atoms with Crippen LogP contribution in [-0.2, 0) is 6.54 Å². The van der Waals surface area contributed by atoms with Gasteiger partial charge in [-0.25, -0.2) is 9.97 Å². The highest BCUT2D eigenvalue weighted by Gasteiger charge is 2.04. The average molecular weight is 257 g/mol. The maximum absolute atomic E-state index is 5.79. The molecule has 100 valence electrons. The molecule has 0 bridgehead atoms. The molecule has 0 aliphatic rings. The van der Waals surface area contributed by atoms with Gasteiger partial charge in [0.1, 0.15) is 12.1 Å². The minimum absolute atomic E-state index is 0.510. The second-order valence-electron chi connectivity index (χ2n) is 4.80. The van der Waals surface area contributed by atoms with Gasteiger partial charge in [0.15, 0.2) is 0 Å². The molecule has 0 unspecified atom stereocenters. The first-order valence-electron chi connectivity index (χ1n) is 6.45. The number of para-hydroxylation sites is 2. The zero-order chi connectivity index (χ0) is 13.5. The van der Waals surface area contributed by atoms with Gasteiger partial charge < -0.3 is 10.1 Å². The van der Waals surface area contributed by atoms with E-state index >= 15 is 0 Å². The van der Waals surface area contributed by atoms with Gasteiger partial charge in [0.2, 0.25) is 0 Å². The molecular weight excluding hydrogens is 238 g/mol. The molecule has 2 aromatic rings. The summed E-state index contributed by atoms with van der Waals surface area (Å²) < 4.78 is 5.79. The highest BCUT2D eigenvalue weighted by Crippen LogP contribution is 2.24. The Morgan fingerprint density at radius 2 is 1.89 bits per heavy atom. The minimum atomic E-state index is 0.510. The fraction of sp³-hybridized carbons (Fsp3) is 0.333. The fourth-order valence-corrected chi connectivity index (χ4v) is 1.61. The van der Waals surface area contributed by atoms with Gasteiger partial charge >= 0.3 is 0 Å². The van der Waals surface area contributed by atoms with Crippen LogP contribution in [0.1, 0.15) is 19.4 Å². The molecule has 0 aliphatic carbocycles. The van der Waals surface area contributed by atoms with Crippen LogP contribution < -0.4 is 10.1 Å². The van der Waals surface area contributed by atoms with E-state index in [1.54, 1.807) is 12.4 Å². The lowest BCUT2D eigenvalue weighted by Gasteiger charge is -2.14. The SMILES string of the molecule is CC(C)COc1ccccc1NCc1cncnc1. The van der Waals surface area contributed by atoms with Crippen molar-refractivity contribution in [1.29, 1.82) is 0 Å². The molecule has 1 aromatic carbocycles. The summed E-state index contributed by atoms with van der Waals surface area (Å²) in [6, 6.07) is 7.96. The molecular formula is C15H19N3O. The summed E-state index contributed by atoms with van der Waals surface area (Å²) in [4.78, 5) is 7.99. The number of ether oxygens (including phenoxy) is 1. The van der Waals surface area contributed by atoms with E-state index in [1.807, 2.05) is 24.3 Å². The molecule has 0 saturated heterocycles. The molecule has 1 N–H and O–H groups in total. The molecule has 0 radical (unpaired) electrons. The monoisotopic (exact) mass is 257 g/mol. The number of nitrogens with one attached hydrogen (secondary N) is 1. The first-order chi connectivity index (χ1) is 9.25. The predicted molar refractivity (Wildman–Crippen MR) is 76.1 cm³/mol. The maximum Gasteiger partial charge on any atom is 0.142 e. The van der Waals surface area contributed by atoms with Crippen molar-refractivity contribution in [2.75, 3.05) is 11.9 Å². The van der Waals surface area contributed by atoms with E-state index in [2.05, 4.69) is 29.1 Å². The molecule has 0 amide bonds. The second kappa shape index (κ2) is 6.73. The van der Waals surface area contributed by atoms with E-state index in [1.165, 1.54) is 6.33 Å². The lowest BCUT2D eigenvalue weighted by molar-refractivity contribution is 0.272. The lowest BCUT2D eigenvalue weighted by atomic mass is 10.2. The summed E-state index contributed by atoms with van der Waals surface area (Å²) in [5.41, 5.74) is 2.04. The molecule has 2 rings (SSSR count). The molecule has 4 nitrogen and oxygen atoms in total. The largest absolute Gasteiger partial charge is 0.491 e. The van der Waals surface area contributed by atoms with Gasteiger partial charge in [-0.05, 0) is 18.1 Å². The van der Waals surface area contributed by atoms with Gasteiger partial charge in [-0.3, -0.25) is 0 Å². The van der Waals surface area contributed by atoms with Crippen LogP contribution in [0.25, 0.3) is 0 Å². The number of rotatable bonds is 6. The molecule has 19 heavy (non-hydrogen) atoms. The zero-order valence-electron chi connectivity index (χ0n) is 11.3. The summed E-state index contributed by atoms with van der Waals surface area (Å²) in [6.45, 7) is 5.67. The van der Waals surface area contributed by atoms with Gasteiger partial charge in [-0.1, -0.05) is 26.0 Å². The Hall–Kier alpha value is -2.10. The molecule has 0 aliphatic heterocycles. The van der Waals surface area contributed by atoms with Crippen molar-refractivity contribution >= 4 is 5.69 Å². The Morgan fingerprint density at radius 1 is 1.16 bits per heavy atom. The van der Waals surface area contributed by atoms with Crippen molar-refractivity contribution < 1.29 is 4.74 Å². The Morgan fingerprint density at radius 3 is 2.63 bits per heavy atom. The highest BCUT2D eigenvalue weighted by molar-refractivity contribution is 5.56. The third kappa shape index (κ3) is 4.25. The van der Waals surface area contributed by atoms with Gasteiger partial charge in [0.25, 0.3) is 0 Å². The molecule has 0 spiro atoms. The summed E-state index contributed by atoms with van der Waals surface area (Å²) in [5, 5.41) is 3.35. The lowest BCUT2D eigenvalue weighted by Crippen LogP contribution is -2.07. The topological polar surface area (TPSA) is 47.0 Å². The van der Waals surface area contributed by atoms with Crippen LogP contribution in [0.3, 0.4) is 0 Å². The predicted octanol–water partition coefficient (Wildman–Crippen LogP) is 3.12. The maximum atomic E-state index is 5.79. The van der Waals surface area contributed by atoms with Gasteiger partial charge in [-0.2, -0.15) is 0 Å². The summed E-state index contributed by atoms with van der Waals surface area (Å²) in [7, 11) is 0. The number of anilines is 1. The summed E-state index contributed by atoms with van der Waals surface area (Å²) in [6.07, 6.45) is 5.14. The minimum Gasteiger partial charge on any atom is -0.491 e. The van der Waals surface area contributed by atoms with Crippen LogP contribution in [0.2, 0.25) is 0 Å². The highest BCUT2D eigenvalue weighted by atomic mass is 16.5. The van der Waals surface area contributed by atoms with Crippen LogP contribution in [-0.4, -0.2) is 16.6 Å². The van der Waals surface area contributed by atoms with Crippen molar-refractivity contribution in [2.24, 2.45) is 5.92 Å². The third-order valence-corrected chi connectivity index (χ3v) is 2.56. The number of hydrogen-bond donors (Lipinski definition) is 1. The fourth-order valence-electron chi connectivity index (χ4n) is 1.61. The van der Waals surface area contributed by atoms with E-state index in [0.717, 1.165) is 17.0 Å². The molecule has 0 atom stereocenters. The molecule has 0 fully saturated rings. The van der Waals surface area contributed by atoms with Crippen molar-refractivity contribution in [3.05, 3.63) is 48.5 Å². The Balaban J connectivity index is 1.99. The van der Waals surface area contributed by atoms with Gasteiger partial charge in [0.05, 0.1) is 12.3 Å². The number of hydrogen-bond acceptors (Lipinski definition) is 4. The first kappa shape index (κ1) is 13.3. The number of nitrogens with zero attached hydrogens (tertiary/aromatic N) is 2. The van der Waals surface area contributed by atoms with Gasteiger partial charge in [-0.15, -0.1) is 0 Å². The Labute approximate surface area is 113 Å². The normalized spacial score (nSPS) is 10.5. The van der Waals surface area contributed by atoms with Crippen LogP contribution >= 0.6 is 0 Å². The quantitative estimate of drug-likeness (QED) is 0.863. The van der Waals surface area contributed by atoms with Crippen molar-refractivity contribution in [2.45, 2.75) is 20.4 Å². The molecule has 1 heterocycles. The van der Waals surface area contributed by atoms with Crippen molar-refractivity contribution in [1.82, 2.24) is 9.97 Å². The number of aromatic nitrogens is 2. The molecule has 1 aromatic heterocycles. The first-order valence-corrected chi connectivity index (χ1v) is 6.45. The van der Waals surface area contributed by atoms with Crippen LogP contribution in [0, 0.1) is 5.92 Å². The van der Waals surface area contributed by atoms with E-state index in [-0.39, 0.29) is 0 Å². The second-order valence-corrected chi connectivity index (χ2v) is 4.80. The molecule has 0 saturated carbocycles. The third-order valence-electron chi connectivity index (χ3n) is 2.56. The van der Waals surface area contributed by atoms with E-state index in [0.29, 0.717) is 19.1 Å². The standard InChI is InChI=1S/C15H19N3O/c1-12(2)10-19-15-6-4-3-5-14(15)18-9-13-7-16-11-17-8-13/h3-8,11-12,18H,9-10H2,1-2H3. The summed E-state index contributed by atoms with van der Waals surface area (Å²) in [5.74, 6) is 1.39.